The molecule has 1 saturated carbocycles. The molecule has 1 aliphatic rings. The van der Waals surface area contributed by atoms with Crippen LogP contribution in [0, 0.1) is 0 Å². The van der Waals surface area contributed by atoms with Gasteiger partial charge in [0.05, 0.1) is 17.8 Å². The van der Waals surface area contributed by atoms with E-state index in [1.165, 1.54) is 12.0 Å². The molecule has 0 aromatic carbocycles. The zero-order chi connectivity index (χ0) is 12.3. The minimum atomic E-state index is -0.0447. The fourth-order valence-electron chi connectivity index (χ4n) is 2.63. The summed E-state index contributed by atoms with van der Waals surface area (Å²) >= 11 is 0. The third kappa shape index (κ3) is 2.51. The lowest BCUT2D eigenvalue weighted by atomic mass is 9.73. The zero-order valence-corrected chi connectivity index (χ0v) is 10.6. The fourth-order valence-corrected chi connectivity index (χ4v) is 2.63. The molecule has 1 aliphatic carbocycles. The summed E-state index contributed by atoms with van der Waals surface area (Å²) in [5, 5.41) is 4.17. The van der Waals surface area contributed by atoms with Gasteiger partial charge in [-0.2, -0.15) is 5.10 Å². The van der Waals surface area contributed by atoms with Crippen molar-refractivity contribution in [2.75, 3.05) is 7.11 Å². The first-order valence-electron chi connectivity index (χ1n) is 6.19. The molecule has 5 nitrogen and oxygen atoms in total. The standard InChI is InChI=1S/C12H22N4O/c1-16-9-10(8-14-16)4-5-11(15-13)12(17-2)6-3-7-12/h8-9,11,15H,3-7,13H2,1-2H3. The van der Waals surface area contributed by atoms with Crippen LogP contribution in [0.15, 0.2) is 12.4 Å². The van der Waals surface area contributed by atoms with E-state index in [9.17, 15) is 0 Å². The highest BCUT2D eigenvalue weighted by Gasteiger charge is 2.43. The van der Waals surface area contributed by atoms with Crippen molar-refractivity contribution in [3.63, 3.8) is 0 Å². The smallest absolute Gasteiger partial charge is 0.0844 e. The fraction of sp³-hybridized carbons (Fsp3) is 0.750. The highest BCUT2D eigenvalue weighted by Crippen LogP contribution is 2.39. The van der Waals surface area contributed by atoms with Crippen LogP contribution in [0.5, 0.6) is 0 Å². The number of rotatable bonds is 6. The molecule has 0 bridgehead atoms. The van der Waals surface area contributed by atoms with Crippen molar-refractivity contribution in [3.05, 3.63) is 18.0 Å². The molecule has 1 heterocycles. The number of hydrogen-bond donors (Lipinski definition) is 2. The lowest BCUT2D eigenvalue weighted by Gasteiger charge is -2.46. The second kappa shape index (κ2) is 5.16. The lowest BCUT2D eigenvalue weighted by molar-refractivity contribution is -0.0999. The van der Waals surface area contributed by atoms with Crippen LogP contribution in [-0.2, 0) is 18.2 Å². The number of methoxy groups -OCH3 is 1. The summed E-state index contributed by atoms with van der Waals surface area (Å²) in [5.74, 6) is 5.66. The van der Waals surface area contributed by atoms with Gasteiger partial charge >= 0.3 is 0 Å². The van der Waals surface area contributed by atoms with Gasteiger partial charge in [0.2, 0.25) is 0 Å². The van der Waals surface area contributed by atoms with Crippen molar-refractivity contribution < 1.29 is 4.74 Å². The Balaban J connectivity index is 1.91. The minimum absolute atomic E-state index is 0.0447. The van der Waals surface area contributed by atoms with Gasteiger partial charge in [0.25, 0.3) is 0 Å². The van der Waals surface area contributed by atoms with Crippen LogP contribution in [0.2, 0.25) is 0 Å². The predicted octanol–water partition coefficient (Wildman–Crippen LogP) is 0.754. The van der Waals surface area contributed by atoms with Gasteiger partial charge in [-0.1, -0.05) is 0 Å². The van der Waals surface area contributed by atoms with E-state index in [1.54, 1.807) is 7.11 Å². The summed E-state index contributed by atoms with van der Waals surface area (Å²) in [7, 11) is 3.72. The van der Waals surface area contributed by atoms with E-state index in [4.69, 9.17) is 10.6 Å². The molecule has 17 heavy (non-hydrogen) atoms. The average molecular weight is 238 g/mol. The number of hydrazine groups is 1. The van der Waals surface area contributed by atoms with E-state index >= 15 is 0 Å². The molecule has 1 fully saturated rings. The summed E-state index contributed by atoms with van der Waals surface area (Å²) in [5.41, 5.74) is 4.12. The average Bonchev–Trinajstić information content (AvgIpc) is 2.68. The van der Waals surface area contributed by atoms with Crippen molar-refractivity contribution in [1.82, 2.24) is 15.2 Å². The summed E-state index contributed by atoms with van der Waals surface area (Å²) in [6.07, 6.45) is 9.36. The third-order valence-electron chi connectivity index (χ3n) is 3.92. The molecule has 1 unspecified atom stereocenters. The maximum absolute atomic E-state index is 5.66. The van der Waals surface area contributed by atoms with Crippen LogP contribution in [0.1, 0.15) is 31.2 Å². The predicted molar refractivity (Wildman–Crippen MR) is 66.2 cm³/mol. The first-order chi connectivity index (χ1) is 8.20. The SMILES string of the molecule is COC1(C(CCc2cnn(C)c2)NN)CCC1. The van der Waals surface area contributed by atoms with Gasteiger partial charge < -0.3 is 4.74 Å². The van der Waals surface area contributed by atoms with Gasteiger partial charge in [0.1, 0.15) is 0 Å². The number of hydrogen-bond acceptors (Lipinski definition) is 4. The van der Waals surface area contributed by atoms with Crippen molar-refractivity contribution in [1.29, 1.82) is 0 Å². The normalized spacial score (nSPS) is 19.9. The Morgan fingerprint density at radius 2 is 2.41 bits per heavy atom. The summed E-state index contributed by atoms with van der Waals surface area (Å²) < 4.78 is 7.49. The Morgan fingerprint density at radius 3 is 2.82 bits per heavy atom. The maximum Gasteiger partial charge on any atom is 0.0844 e. The topological polar surface area (TPSA) is 65.1 Å². The Morgan fingerprint density at radius 1 is 1.65 bits per heavy atom. The van der Waals surface area contributed by atoms with Crippen LogP contribution in [0.4, 0.5) is 0 Å². The molecular formula is C12H22N4O. The van der Waals surface area contributed by atoms with Gasteiger partial charge in [-0.05, 0) is 37.7 Å². The van der Waals surface area contributed by atoms with Gasteiger partial charge in [-0.3, -0.25) is 16.0 Å². The molecule has 96 valence electrons. The Labute approximate surface area is 102 Å². The van der Waals surface area contributed by atoms with E-state index in [1.807, 2.05) is 24.1 Å². The van der Waals surface area contributed by atoms with E-state index in [0.717, 1.165) is 25.7 Å². The molecule has 1 aromatic rings. The van der Waals surface area contributed by atoms with Crippen molar-refractivity contribution in [2.24, 2.45) is 12.9 Å². The summed E-state index contributed by atoms with van der Waals surface area (Å²) in [6.45, 7) is 0. The number of nitrogens with one attached hydrogen (secondary N) is 1. The highest BCUT2D eigenvalue weighted by molar-refractivity contribution is 5.06. The molecule has 2 rings (SSSR count). The molecule has 5 heteroatoms. The number of aryl methyl sites for hydroxylation is 2. The monoisotopic (exact) mass is 238 g/mol. The van der Waals surface area contributed by atoms with E-state index in [-0.39, 0.29) is 11.6 Å². The number of nitrogens with zero attached hydrogens (tertiary/aromatic N) is 2. The Bertz CT molecular complexity index is 354. The second-order valence-electron chi connectivity index (χ2n) is 4.90. The van der Waals surface area contributed by atoms with Crippen LogP contribution in [0.3, 0.4) is 0 Å². The van der Waals surface area contributed by atoms with Crippen molar-refractivity contribution >= 4 is 0 Å². The van der Waals surface area contributed by atoms with Crippen molar-refractivity contribution in [2.45, 2.75) is 43.7 Å². The van der Waals surface area contributed by atoms with Crippen LogP contribution < -0.4 is 11.3 Å². The summed E-state index contributed by atoms with van der Waals surface area (Å²) in [6, 6.07) is 0.224. The molecule has 0 amide bonds. The molecule has 1 aromatic heterocycles. The van der Waals surface area contributed by atoms with E-state index in [2.05, 4.69) is 10.5 Å². The number of aromatic nitrogens is 2. The molecule has 0 saturated heterocycles. The minimum Gasteiger partial charge on any atom is -0.377 e. The molecule has 3 N–H and O–H groups in total. The lowest BCUT2D eigenvalue weighted by Crippen LogP contribution is -2.58. The largest absolute Gasteiger partial charge is 0.377 e. The molecular weight excluding hydrogens is 216 g/mol. The summed E-state index contributed by atoms with van der Waals surface area (Å²) in [4.78, 5) is 0. The first-order valence-corrected chi connectivity index (χ1v) is 6.19. The number of nitrogens with two attached hydrogens (primary N) is 1. The van der Waals surface area contributed by atoms with Gasteiger partial charge in [-0.15, -0.1) is 0 Å². The Kier molecular flexibility index (Phi) is 3.81. The molecule has 0 radical (unpaired) electrons. The first kappa shape index (κ1) is 12.5. The quantitative estimate of drug-likeness (QED) is 0.567. The molecule has 0 aliphatic heterocycles. The second-order valence-corrected chi connectivity index (χ2v) is 4.90. The van der Waals surface area contributed by atoms with Gasteiger partial charge in [-0.25, -0.2) is 0 Å². The van der Waals surface area contributed by atoms with Crippen LogP contribution in [0.25, 0.3) is 0 Å². The van der Waals surface area contributed by atoms with Gasteiger partial charge in [0, 0.05) is 20.4 Å². The molecule has 0 spiro atoms. The van der Waals surface area contributed by atoms with Gasteiger partial charge in [0.15, 0.2) is 0 Å². The molecule has 1 atom stereocenters. The zero-order valence-electron chi connectivity index (χ0n) is 10.6. The highest BCUT2D eigenvalue weighted by atomic mass is 16.5. The van der Waals surface area contributed by atoms with Crippen LogP contribution in [-0.4, -0.2) is 28.5 Å². The van der Waals surface area contributed by atoms with E-state index in [0.29, 0.717) is 0 Å². The number of ether oxygens (including phenoxy) is 1. The van der Waals surface area contributed by atoms with Crippen LogP contribution >= 0.6 is 0 Å². The third-order valence-corrected chi connectivity index (χ3v) is 3.92. The van der Waals surface area contributed by atoms with Crippen molar-refractivity contribution in [3.8, 4) is 0 Å². The Hall–Kier alpha value is -0.910. The van der Waals surface area contributed by atoms with E-state index < -0.39 is 0 Å². The maximum atomic E-state index is 5.66.